The second-order valence-corrected chi connectivity index (χ2v) is 8.57. The van der Waals surface area contributed by atoms with Gasteiger partial charge in [-0.25, -0.2) is 0 Å². The lowest BCUT2D eigenvalue weighted by Crippen LogP contribution is -2.47. The molecule has 0 spiro atoms. The first kappa shape index (κ1) is 14.3. The van der Waals surface area contributed by atoms with Gasteiger partial charge in [0.2, 0.25) is 0 Å². The minimum Gasteiger partial charge on any atom is -0.312 e. The first-order valence-electron chi connectivity index (χ1n) is 7.56. The van der Waals surface area contributed by atoms with Crippen LogP contribution in [0.4, 0.5) is 0 Å². The van der Waals surface area contributed by atoms with Crippen molar-refractivity contribution in [2.24, 2.45) is 16.2 Å². The van der Waals surface area contributed by atoms with Crippen molar-refractivity contribution in [3.8, 4) is 0 Å². The highest BCUT2D eigenvalue weighted by Crippen LogP contribution is 2.65. The number of nitrogens with zero attached hydrogens (tertiary/aromatic N) is 1. The summed E-state index contributed by atoms with van der Waals surface area (Å²) in [7, 11) is 0. The molecule has 1 saturated carbocycles. The Bertz CT molecular complexity index is 298. The molecule has 2 fully saturated rings. The molecule has 1 saturated heterocycles. The van der Waals surface area contributed by atoms with Gasteiger partial charge in [-0.3, -0.25) is 4.90 Å². The maximum absolute atomic E-state index is 3.75. The first-order chi connectivity index (χ1) is 8.08. The lowest BCUT2D eigenvalue weighted by Gasteiger charge is -2.34. The van der Waals surface area contributed by atoms with Crippen LogP contribution in [-0.4, -0.2) is 36.6 Å². The van der Waals surface area contributed by atoms with Crippen LogP contribution < -0.4 is 5.32 Å². The van der Waals surface area contributed by atoms with Crippen LogP contribution in [0.1, 0.15) is 54.9 Å². The monoisotopic (exact) mass is 252 g/mol. The van der Waals surface area contributed by atoms with Crippen LogP contribution in [-0.2, 0) is 0 Å². The van der Waals surface area contributed by atoms with Crippen LogP contribution in [0.3, 0.4) is 0 Å². The highest BCUT2D eigenvalue weighted by Gasteiger charge is 2.67. The second-order valence-electron chi connectivity index (χ2n) is 8.57. The van der Waals surface area contributed by atoms with Crippen LogP contribution in [0.25, 0.3) is 0 Å². The molecule has 1 aliphatic carbocycles. The third-order valence-corrected chi connectivity index (χ3v) is 5.78. The van der Waals surface area contributed by atoms with E-state index in [9.17, 15) is 0 Å². The Morgan fingerprint density at radius 2 is 1.61 bits per heavy atom. The minimum atomic E-state index is 0.353. The van der Waals surface area contributed by atoms with E-state index < -0.39 is 0 Å². The van der Waals surface area contributed by atoms with Gasteiger partial charge in [-0.05, 0) is 35.8 Å². The van der Waals surface area contributed by atoms with Gasteiger partial charge < -0.3 is 5.32 Å². The van der Waals surface area contributed by atoms with Crippen molar-refractivity contribution in [3.63, 3.8) is 0 Å². The third kappa shape index (κ3) is 2.22. The topological polar surface area (TPSA) is 15.3 Å². The predicted molar refractivity (Wildman–Crippen MR) is 78.8 cm³/mol. The molecule has 0 aromatic rings. The zero-order chi connectivity index (χ0) is 13.8. The predicted octanol–water partition coefficient (Wildman–Crippen LogP) is 3.13. The van der Waals surface area contributed by atoms with Crippen molar-refractivity contribution < 1.29 is 0 Å². The van der Waals surface area contributed by atoms with Crippen molar-refractivity contribution in [2.75, 3.05) is 19.6 Å². The Kier molecular flexibility index (Phi) is 3.35. The fourth-order valence-electron chi connectivity index (χ4n) is 3.84. The van der Waals surface area contributed by atoms with Gasteiger partial charge in [-0.1, -0.05) is 48.5 Å². The first-order valence-corrected chi connectivity index (χ1v) is 7.56. The molecule has 2 heteroatoms. The van der Waals surface area contributed by atoms with E-state index in [1.165, 1.54) is 26.1 Å². The van der Waals surface area contributed by atoms with E-state index in [0.717, 1.165) is 6.04 Å². The Labute approximate surface area is 114 Å². The molecule has 1 N–H and O–H groups in total. The number of nitrogens with one attached hydrogen (secondary N) is 1. The lowest BCUT2D eigenvalue weighted by atomic mass is 9.86. The number of rotatable bonds is 1. The van der Waals surface area contributed by atoms with Crippen LogP contribution in [0, 0.1) is 16.2 Å². The molecule has 0 aromatic heterocycles. The van der Waals surface area contributed by atoms with Crippen LogP contribution >= 0.6 is 0 Å². The standard InChI is InChI=1S/C16H32N2/c1-14(2,3)12-11-18(10-8-9-17-12)13-15(4,5)16(13,6)7/h12-13,17H,8-11H2,1-7H3. The Balaban J connectivity index is 2.10. The summed E-state index contributed by atoms with van der Waals surface area (Å²) in [5.41, 5.74) is 1.30. The molecule has 1 heterocycles. The molecule has 2 aliphatic rings. The van der Waals surface area contributed by atoms with E-state index in [2.05, 4.69) is 58.7 Å². The van der Waals surface area contributed by atoms with Crippen LogP contribution in [0.15, 0.2) is 0 Å². The van der Waals surface area contributed by atoms with Gasteiger partial charge in [0.25, 0.3) is 0 Å². The molecule has 18 heavy (non-hydrogen) atoms. The van der Waals surface area contributed by atoms with Gasteiger partial charge >= 0.3 is 0 Å². The van der Waals surface area contributed by atoms with Gasteiger partial charge in [0.1, 0.15) is 0 Å². The molecule has 1 atom stereocenters. The summed E-state index contributed by atoms with van der Waals surface area (Å²) in [5.74, 6) is 0. The van der Waals surface area contributed by atoms with E-state index in [0.29, 0.717) is 22.3 Å². The van der Waals surface area contributed by atoms with Crippen molar-refractivity contribution in [3.05, 3.63) is 0 Å². The van der Waals surface area contributed by atoms with E-state index >= 15 is 0 Å². The molecule has 0 aromatic carbocycles. The normalized spacial score (nSPS) is 33.2. The highest BCUT2D eigenvalue weighted by molar-refractivity contribution is 5.19. The fourth-order valence-corrected chi connectivity index (χ4v) is 3.84. The molecule has 2 nitrogen and oxygen atoms in total. The summed E-state index contributed by atoms with van der Waals surface area (Å²) in [4.78, 5) is 2.76. The molecule has 106 valence electrons. The number of hydrogen-bond acceptors (Lipinski definition) is 2. The van der Waals surface area contributed by atoms with Crippen LogP contribution in [0.5, 0.6) is 0 Å². The van der Waals surface area contributed by atoms with Crippen molar-refractivity contribution in [1.29, 1.82) is 0 Å². The van der Waals surface area contributed by atoms with E-state index in [1.807, 2.05) is 0 Å². The van der Waals surface area contributed by atoms with Crippen molar-refractivity contribution in [1.82, 2.24) is 10.2 Å². The minimum absolute atomic E-state index is 0.353. The quantitative estimate of drug-likeness (QED) is 0.771. The Hall–Kier alpha value is -0.0800. The van der Waals surface area contributed by atoms with E-state index in [4.69, 9.17) is 0 Å². The molecule has 0 amide bonds. The maximum Gasteiger partial charge on any atom is 0.0243 e. The summed E-state index contributed by atoms with van der Waals surface area (Å²) in [6, 6.07) is 1.38. The van der Waals surface area contributed by atoms with Gasteiger partial charge in [0.15, 0.2) is 0 Å². The summed E-state index contributed by atoms with van der Waals surface area (Å²) >= 11 is 0. The summed E-state index contributed by atoms with van der Waals surface area (Å²) < 4.78 is 0. The highest BCUT2D eigenvalue weighted by atomic mass is 15.3. The molecule has 0 radical (unpaired) electrons. The average Bonchev–Trinajstić information content (AvgIpc) is 2.71. The molecule has 2 rings (SSSR count). The van der Waals surface area contributed by atoms with E-state index in [1.54, 1.807) is 0 Å². The second kappa shape index (κ2) is 4.21. The van der Waals surface area contributed by atoms with Crippen LogP contribution in [0.2, 0.25) is 0 Å². The molecule has 1 aliphatic heterocycles. The fraction of sp³-hybridized carbons (Fsp3) is 1.00. The van der Waals surface area contributed by atoms with Gasteiger partial charge in [0, 0.05) is 18.6 Å². The summed E-state index contributed by atoms with van der Waals surface area (Å²) in [5, 5.41) is 3.75. The van der Waals surface area contributed by atoms with Gasteiger partial charge in [-0.15, -0.1) is 0 Å². The Morgan fingerprint density at radius 1 is 1.06 bits per heavy atom. The van der Waals surface area contributed by atoms with Crippen molar-refractivity contribution >= 4 is 0 Å². The Morgan fingerprint density at radius 3 is 2.06 bits per heavy atom. The summed E-state index contributed by atoms with van der Waals surface area (Å²) in [6.07, 6.45) is 1.29. The molecule has 1 unspecified atom stereocenters. The lowest BCUT2D eigenvalue weighted by molar-refractivity contribution is 0.172. The molecule has 0 bridgehead atoms. The summed E-state index contributed by atoms with van der Waals surface area (Å²) in [6.45, 7) is 20.4. The van der Waals surface area contributed by atoms with Gasteiger partial charge in [-0.2, -0.15) is 0 Å². The smallest absolute Gasteiger partial charge is 0.0243 e. The van der Waals surface area contributed by atoms with E-state index in [-0.39, 0.29) is 0 Å². The van der Waals surface area contributed by atoms with Gasteiger partial charge in [0.05, 0.1) is 0 Å². The third-order valence-electron chi connectivity index (χ3n) is 5.78. The number of hydrogen-bond donors (Lipinski definition) is 1. The SMILES string of the molecule is CC(C)(C)C1CN(C2C(C)(C)C2(C)C)CCCN1. The average molecular weight is 252 g/mol. The zero-order valence-corrected chi connectivity index (χ0v) is 13.4. The molecular formula is C16H32N2. The van der Waals surface area contributed by atoms with Crippen molar-refractivity contribution in [2.45, 2.75) is 67.0 Å². The largest absolute Gasteiger partial charge is 0.312 e. The maximum atomic E-state index is 3.75. The zero-order valence-electron chi connectivity index (χ0n) is 13.4. The molecular weight excluding hydrogens is 220 g/mol.